The first-order chi connectivity index (χ1) is 25.3. The molecule has 4 heteroatoms. The number of pyridine rings is 1. The van der Waals surface area contributed by atoms with E-state index in [-0.39, 0.29) is 0 Å². The van der Waals surface area contributed by atoms with Crippen molar-refractivity contribution in [2.45, 2.75) is 0 Å². The highest BCUT2D eigenvalue weighted by Crippen LogP contribution is 2.42. The van der Waals surface area contributed by atoms with E-state index >= 15 is 0 Å². The fraction of sp³-hybridized carbons (Fsp3) is 0. The third-order valence-corrected chi connectivity index (χ3v) is 9.26. The van der Waals surface area contributed by atoms with Gasteiger partial charge < -0.3 is 4.74 Å². The van der Waals surface area contributed by atoms with Crippen molar-refractivity contribution in [1.29, 1.82) is 0 Å². The minimum absolute atomic E-state index is 0.674. The van der Waals surface area contributed by atoms with Gasteiger partial charge in [-0.25, -0.2) is 9.97 Å². The summed E-state index contributed by atoms with van der Waals surface area (Å²) >= 11 is 0. The van der Waals surface area contributed by atoms with E-state index in [2.05, 4.69) is 132 Å². The van der Waals surface area contributed by atoms with Gasteiger partial charge in [0.2, 0.25) is 0 Å². The molecule has 1 aliphatic rings. The minimum Gasteiger partial charge on any atom is -0.456 e. The van der Waals surface area contributed by atoms with Crippen molar-refractivity contribution in [3.8, 4) is 78.8 Å². The van der Waals surface area contributed by atoms with E-state index in [0.29, 0.717) is 5.82 Å². The van der Waals surface area contributed by atoms with E-state index in [1.165, 1.54) is 0 Å². The Hall–Kier alpha value is -6.91. The average Bonchev–Trinajstić information content (AvgIpc) is 3.23. The Morgan fingerprint density at radius 2 is 0.941 bits per heavy atom. The molecule has 1 aliphatic heterocycles. The maximum Gasteiger partial charge on any atom is 0.160 e. The van der Waals surface area contributed by atoms with E-state index in [1.807, 2.05) is 54.7 Å². The van der Waals surface area contributed by atoms with Crippen LogP contribution in [0.5, 0.6) is 11.5 Å². The predicted octanol–water partition coefficient (Wildman–Crippen LogP) is 12.1. The minimum atomic E-state index is 0.674. The summed E-state index contributed by atoms with van der Waals surface area (Å²) in [6.07, 6.45) is 8.07. The second-order valence-electron chi connectivity index (χ2n) is 12.5. The number of para-hydroxylation sites is 2. The van der Waals surface area contributed by atoms with Crippen LogP contribution >= 0.6 is 0 Å². The van der Waals surface area contributed by atoms with Gasteiger partial charge in [-0.05, 0) is 63.7 Å². The van der Waals surface area contributed by atoms with Crippen LogP contribution in [0.1, 0.15) is 11.1 Å². The zero-order valence-electron chi connectivity index (χ0n) is 27.6. The maximum atomic E-state index is 6.77. The van der Waals surface area contributed by atoms with Gasteiger partial charge in [0.15, 0.2) is 5.82 Å². The summed E-state index contributed by atoms with van der Waals surface area (Å²) in [5, 5.41) is 0. The molecule has 0 saturated carbocycles. The van der Waals surface area contributed by atoms with Gasteiger partial charge in [-0.2, -0.15) is 0 Å². The van der Waals surface area contributed by atoms with E-state index < -0.39 is 0 Å². The van der Waals surface area contributed by atoms with Gasteiger partial charge in [0.25, 0.3) is 0 Å². The van der Waals surface area contributed by atoms with Crippen molar-refractivity contribution in [2.75, 3.05) is 0 Å². The van der Waals surface area contributed by atoms with E-state index in [4.69, 9.17) is 14.7 Å². The quantitative estimate of drug-likeness (QED) is 0.190. The standard InChI is InChI=1S/C47H31N3O/c1-2-12-36(13-3-1)47-49-43(35-25-20-32(21-26-35)38-14-10-28-48-31-38)30-44(50-47)37-27-24-34-23-22-33-11-4-5-15-39(33)40-16-6-8-18-45(40)51-46-19-9-7-17-41(46)42(34)29-37/h1-31H/b23-22-. The molecule has 6 aromatic carbocycles. The van der Waals surface area contributed by atoms with Gasteiger partial charge in [-0.15, -0.1) is 0 Å². The van der Waals surface area contributed by atoms with Gasteiger partial charge in [-0.1, -0.05) is 146 Å². The first-order valence-corrected chi connectivity index (χ1v) is 17.0. The molecule has 0 unspecified atom stereocenters. The lowest BCUT2D eigenvalue weighted by atomic mass is 9.94. The normalized spacial score (nSPS) is 12.2. The Morgan fingerprint density at radius 3 is 1.67 bits per heavy atom. The van der Waals surface area contributed by atoms with Crippen LogP contribution in [0.25, 0.3) is 79.4 Å². The molecule has 0 atom stereocenters. The van der Waals surface area contributed by atoms with Crippen molar-refractivity contribution >= 4 is 12.2 Å². The Balaban J connectivity index is 1.21. The smallest absolute Gasteiger partial charge is 0.160 e. The van der Waals surface area contributed by atoms with Crippen LogP contribution < -0.4 is 4.74 Å². The number of hydrogen-bond donors (Lipinski definition) is 0. The third kappa shape index (κ3) is 6.00. The van der Waals surface area contributed by atoms with Gasteiger partial charge in [-0.3, -0.25) is 4.98 Å². The highest BCUT2D eigenvalue weighted by molar-refractivity contribution is 5.90. The SMILES string of the molecule is C1=C\c2ccc(-c3cc(-c4ccc(-c5cccnc5)cc4)nc(-c4ccccc4)n3)cc2-c2ccccc2Oc2ccccc2-c2ccccc2/1. The first kappa shape index (κ1) is 30.2. The van der Waals surface area contributed by atoms with Crippen molar-refractivity contribution in [1.82, 2.24) is 15.0 Å². The van der Waals surface area contributed by atoms with Gasteiger partial charge in [0, 0.05) is 40.2 Å². The zero-order valence-corrected chi connectivity index (χ0v) is 27.6. The molecule has 0 radical (unpaired) electrons. The number of hydrogen-bond acceptors (Lipinski definition) is 4. The molecular formula is C47H31N3O. The number of aromatic nitrogens is 3. The molecule has 0 aliphatic carbocycles. The van der Waals surface area contributed by atoms with Crippen LogP contribution in [-0.4, -0.2) is 15.0 Å². The highest BCUT2D eigenvalue weighted by Gasteiger charge is 2.18. The summed E-state index contributed by atoms with van der Waals surface area (Å²) in [5.74, 6) is 2.28. The molecule has 0 saturated heterocycles. The van der Waals surface area contributed by atoms with Crippen LogP contribution in [-0.2, 0) is 0 Å². The Labute approximate surface area is 297 Å². The van der Waals surface area contributed by atoms with Crippen molar-refractivity contribution < 1.29 is 4.74 Å². The summed E-state index contributed by atoms with van der Waals surface area (Å²) in [5.41, 5.74) is 13.3. The number of nitrogens with zero attached hydrogens (tertiary/aromatic N) is 3. The molecule has 0 fully saturated rings. The van der Waals surface area contributed by atoms with E-state index in [0.717, 1.165) is 84.1 Å². The van der Waals surface area contributed by atoms with E-state index in [1.54, 1.807) is 6.20 Å². The second kappa shape index (κ2) is 13.2. The fourth-order valence-corrected chi connectivity index (χ4v) is 6.66. The van der Waals surface area contributed by atoms with Gasteiger partial charge >= 0.3 is 0 Å². The van der Waals surface area contributed by atoms with Crippen molar-refractivity contribution in [3.05, 3.63) is 187 Å². The van der Waals surface area contributed by atoms with Gasteiger partial charge in [0.05, 0.1) is 11.4 Å². The molecule has 51 heavy (non-hydrogen) atoms. The molecule has 240 valence electrons. The Bertz CT molecular complexity index is 2540. The molecule has 0 N–H and O–H groups in total. The van der Waals surface area contributed by atoms with Crippen LogP contribution in [0.15, 0.2) is 176 Å². The molecule has 9 rings (SSSR count). The lowest BCUT2D eigenvalue weighted by molar-refractivity contribution is 0.486. The van der Waals surface area contributed by atoms with Crippen molar-refractivity contribution in [3.63, 3.8) is 0 Å². The Morgan fingerprint density at radius 1 is 0.373 bits per heavy atom. The third-order valence-electron chi connectivity index (χ3n) is 9.26. The number of benzene rings is 6. The molecular weight excluding hydrogens is 623 g/mol. The lowest BCUT2D eigenvalue weighted by Gasteiger charge is -2.16. The highest BCUT2D eigenvalue weighted by atomic mass is 16.5. The first-order valence-electron chi connectivity index (χ1n) is 17.0. The zero-order chi connectivity index (χ0) is 34.0. The number of rotatable bonds is 4. The monoisotopic (exact) mass is 653 g/mol. The number of fused-ring (bicyclic) bond motifs is 6. The van der Waals surface area contributed by atoms with Crippen molar-refractivity contribution in [2.24, 2.45) is 0 Å². The molecule has 8 aromatic rings. The summed E-state index contributed by atoms with van der Waals surface area (Å²) in [4.78, 5) is 14.5. The summed E-state index contributed by atoms with van der Waals surface area (Å²) < 4.78 is 6.77. The van der Waals surface area contributed by atoms with Crippen LogP contribution in [0.3, 0.4) is 0 Å². The Kier molecular flexibility index (Phi) is 7.80. The summed E-state index contributed by atoms with van der Waals surface area (Å²) in [7, 11) is 0. The van der Waals surface area contributed by atoms with Crippen LogP contribution in [0.2, 0.25) is 0 Å². The summed E-state index contributed by atoms with van der Waals surface area (Å²) in [6, 6.07) is 56.3. The molecule has 0 amide bonds. The van der Waals surface area contributed by atoms with Crippen LogP contribution in [0.4, 0.5) is 0 Å². The molecule has 0 spiro atoms. The maximum absolute atomic E-state index is 6.77. The summed E-state index contributed by atoms with van der Waals surface area (Å²) in [6.45, 7) is 0. The largest absolute Gasteiger partial charge is 0.456 e. The van der Waals surface area contributed by atoms with Crippen LogP contribution in [0, 0.1) is 0 Å². The van der Waals surface area contributed by atoms with E-state index in [9.17, 15) is 0 Å². The molecule has 4 nitrogen and oxygen atoms in total. The predicted molar refractivity (Wildman–Crippen MR) is 208 cm³/mol. The average molecular weight is 654 g/mol. The number of ether oxygens (including phenoxy) is 1. The topological polar surface area (TPSA) is 47.9 Å². The van der Waals surface area contributed by atoms with Gasteiger partial charge in [0.1, 0.15) is 11.5 Å². The second-order valence-corrected chi connectivity index (χ2v) is 12.5. The molecule has 2 aromatic heterocycles. The lowest BCUT2D eigenvalue weighted by Crippen LogP contribution is -1.97. The molecule has 0 bridgehead atoms. The fourth-order valence-electron chi connectivity index (χ4n) is 6.66. The molecule has 3 heterocycles.